The molecule has 4 rings (SSSR count). The Morgan fingerprint density at radius 2 is 1.97 bits per heavy atom. The Bertz CT molecular complexity index is 1160. The van der Waals surface area contributed by atoms with Crippen LogP contribution in [0.5, 0.6) is 0 Å². The molecule has 1 aliphatic carbocycles. The van der Waals surface area contributed by atoms with Crippen LogP contribution in [0.2, 0.25) is 0 Å². The van der Waals surface area contributed by atoms with Crippen LogP contribution in [0.1, 0.15) is 66.3 Å². The van der Waals surface area contributed by atoms with Crippen molar-refractivity contribution in [2.75, 3.05) is 19.8 Å². The number of hydrogen-bond donors (Lipinski definition) is 1. The van der Waals surface area contributed by atoms with E-state index in [9.17, 15) is 9.59 Å². The number of ether oxygens (including phenoxy) is 2. The van der Waals surface area contributed by atoms with Crippen LogP contribution in [0, 0.1) is 0 Å². The Hall–Kier alpha value is -3.12. The molecule has 0 bridgehead atoms. The van der Waals surface area contributed by atoms with Crippen molar-refractivity contribution >= 4 is 24.1 Å². The molecule has 33 heavy (non-hydrogen) atoms. The summed E-state index contributed by atoms with van der Waals surface area (Å²) in [5.41, 5.74) is 3.85. The molecule has 0 amide bonds. The van der Waals surface area contributed by atoms with Crippen LogP contribution in [0.15, 0.2) is 36.4 Å². The molecule has 0 saturated heterocycles. The van der Waals surface area contributed by atoms with Gasteiger partial charge in [0.2, 0.25) is 0 Å². The van der Waals surface area contributed by atoms with Crippen LogP contribution in [-0.2, 0) is 27.2 Å². The number of hydrogen-bond acceptors (Lipinski definition) is 5. The fourth-order valence-corrected chi connectivity index (χ4v) is 4.50. The molecule has 1 aliphatic heterocycles. The van der Waals surface area contributed by atoms with Gasteiger partial charge in [-0.1, -0.05) is 49.8 Å². The number of unbranched alkanes of at least 4 members (excludes halogenated alkanes) is 1. The van der Waals surface area contributed by atoms with Gasteiger partial charge in [-0.3, -0.25) is 0 Å². The number of nitrogens with one attached hydrogen (secondary N) is 1. The van der Waals surface area contributed by atoms with Crippen LogP contribution in [0.25, 0.3) is 12.2 Å². The number of benzene rings is 1. The first-order valence-electron chi connectivity index (χ1n) is 11.9. The van der Waals surface area contributed by atoms with Crippen LogP contribution >= 0.6 is 0 Å². The third-order valence-corrected chi connectivity index (χ3v) is 6.12. The molecule has 1 atom stereocenters. The fourth-order valence-electron chi connectivity index (χ4n) is 4.50. The first kappa shape index (κ1) is 23.1. The smallest absolute Gasteiger partial charge is 0.338 e. The van der Waals surface area contributed by atoms with E-state index in [-0.39, 0.29) is 11.9 Å². The summed E-state index contributed by atoms with van der Waals surface area (Å²) in [6.45, 7) is 6.10. The van der Waals surface area contributed by atoms with Crippen molar-refractivity contribution in [3.8, 4) is 0 Å². The van der Waals surface area contributed by atoms with Crippen molar-refractivity contribution in [3.63, 3.8) is 0 Å². The monoisotopic (exact) mass is 448 g/mol. The third-order valence-electron chi connectivity index (χ3n) is 6.12. The molecule has 0 fully saturated rings. The van der Waals surface area contributed by atoms with Gasteiger partial charge in [-0.25, -0.2) is 9.59 Å². The second-order valence-electron chi connectivity index (χ2n) is 8.36. The Morgan fingerprint density at radius 3 is 2.73 bits per heavy atom. The lowest BCUT2D eigenvalue weighted by atomic mass is 9.99. The van der Waals surface area contributed by atoms with Gasteiger partial charge in [0.05, 0.1) is 18.8 Å². The van der Waals surface area contributed by atoms with Gasteiger partial charge in [-0.15, -0.1) is 0 Å². The molecule has 0 radical (unpaired) electrons. The predicted octanol–water partition coefficient (Wildman–Crippen LogP) is 2.76. The maximum absolute atomic E-state index is 12.7. The van der Waals surface area contributed by atoms with Crippen LogP contribution in [0.4, 0.5) is 0 Å². The minimum absolute atomic E-state index is 0.231. The van der Waals surface area contributed by atoms with Crippen LogP contribution in [-0.4, -0.2) is 36.3 Å². The molecule has 1 aromatic carbocycles. The number of carbonyl (C=O) groups is 2. The van der Waals surface area contributed by atoms with E-state index in [0.717, 1.165) is 53.9 Å². The maximum atomic E-state index is 12.7. The second kappa shape index (κ2) is 10.7. The molecule has 2 aliphatic rings. The standard InChI is InChI=1S/C27H32N2O4/c1-3-5-17-33-26(30)20-13-11-19(12-14-20)18-29-22-10-8-6-7-9-21(22)24-23(29)15-16-28-25(24)27(31)32-4-2/h6-7,9-14,25,28H,3-5,8,15-18H2,1-2H3. The van der Waals surface area contributed by atoms with Crippen molar-refractivity contribution in [1.29, 1.82) is 0 Å². The van der Waals surface area contributed by atoms with E-state index < -0.39 is 6.04 Å². The second-order valence-corrected chi connectivity index (χ2v) is 8.36. The van der Waals surface area contributed by atoms with E-state index in [4.69, 9.17) is 9.47 Å². The zero-order valence-electron chi connectivity index (χ0n) is 19.4. The number of nitrogens with zero attached hydrogens (tertiary/aromatic N) is 1. The molecular formula is C27H32N2O4. The molecular weight excluding hydrogens is 416 g/mol. The summed E-state index contributed by atoms with van der Waals surface area (Å²) in [5.74, 6) is -0.509. The summed E-state index contributed by atoms with van der Waals surface area (Å²) in [5, 5.41) is 5.57. The highest BCUT2D eigenvalue weighted by atomic mass is 16.5. The zero-order valence-corrected chi connectivity index (χ0v) is 19.4. The van der Waals surface area contributed by atoms with E-state index in [1.807, 2.05) is 31.2 Å². The lowest BCUT2D eigenvalue weighted by Crippen LogP contribution is -2.39. The highest BCUT2D eigenvalue weighted by Gasteiger charge is 2.31. The Labute approximate surface area is 194 Å². The molecule has 0 saturated carbocycles. The number of allylic oxidation sites excluding steroid dienone is 2. The van der Waals surface area contributed by atoms with Gasteiger partial charge in [0.25, 0.3) is 0 Å². The average Bonchev–Trinajstić information content (AvgIpc) is 2.97. The number of esters is 2. The lowest BCUT2D eigenvalue weighted by molar-refractivity contribution is -0.146. The van der Waals surface area contributed by atoms with Crippen molar-refractivity contribution in [1.82, 2.24) is 9.88 Å². The molecule has 6 nitrogen and oxygen atoms in total. The van der Waals surface area contributed by atoms with Gasteiger partial charge in [0.15, 0.2) is 0 Å². The summed E-state index contributed by atoms with van der Waals surface area (Å²) in [6, 6.07) is 7.17. The summed E-state index contributed by atoms with van der Waals surface area (Å²) >= 11 is 0. The molecule has 2 aromatic rings. The van der Waals surface area contributed by atoms with Crippen molar-refractivity contribution < 1.29 is 19.1 Å². The minimum atomic E-state index is -0.458. The zero-order chi connectivity index (χ0) is 23.2. The molecule has 1 aromatic heterocycles. The third kappa shape index (κ3) is 4.96. The molecule has 1 N–H and O–H groups in total. The molecule has 174 valence electrons. The average molecular weight is 449 g/mol. The minimum Gasteiger partial charge on any atom is -0.465 e. The first-order chi connectivity index (χ1) is 16.1. The van der Waals surface area contributed by atoms with Gasteiger partial charge in [-0.2, -0.15) is 0 Å². The topological polar surface area (TPSA) is 69.6 Å². The highest BCUT2D eigenvalue weighted by Crippen LogP contribution is 2.22. The van der Waals surface area contributed by atoms with Crippen LogP contribution in [0.3, 0.4) is 0 Å². The Balaban J connectivity index is 1.67. The summed E-state index contributed by atoms with van der Waals surface area (Å²) < 4.78 is 13.0. The number of rotatable bonds is 8. The van der Waals surface area contributed by atoms with E-state index in [2.05, 4.69) is 41.1 Å². The SMILES string of the molecule is CCCCOC(=O)c1ccc(Cn2c3c(c4c2=CCC=CC=4)C(C(=O)OCC)NCC3)cc1. The molecule has 0 spiro atoms. The Morgan fingerprint density at radius 1 is 1.15 bits per heavy atom. The number of fused-ring (bicyclic) bond motifs is 3. The largest absolute Gasteiger partial charge is 0.465 e. The molecule has 1 unspecified atom stereocenters. The number of aromatic nitrogens is 1. The highest BCUT2D eigenvalue weighted by molar-refractivity contribution is 5.89. The fraction of sp³-hybridized carbons (Fsp3) is 0.407. The quantitative estimate of drug-likeness (QED) is 0.497. The van der Waals surface area contributed by atoms with E-state index in [0.29, 0.717) is 25.3 Å². The summed E-state index contributed by atoms with van der Waals surface area (Å²) in [4.78, 5) is 24.9. The van der Waals surface area contributed by atoms with Gasteiger partial charge in [0.1, 0.15) is 6.04 Å². The van der Waals surface area contributed by atoms with Gasteiger partial charge < -0.3 is 19.4 Å². The van der Waals surface area contributed by atoms with Crippen LogP contribution < -0.4 is 15.9 Å². The molecule has 6 heteroatoms. The normalized spacial score (nSPS) is 16.6. The number of carbonyl (C=O) groups excluding carboxylic acids is 2. The maximum Gasteiger partial charge on any atom is 0.338 e. The lowest BCUT2D eigenvalue weighted by Gasteiger charge is -2.24. The summed E-state index contributed by atoms with van der Waals surface area (Å²) in [6.07, 6.45) is 12.0. The van der Waals surface area contributed by atoms with Gasteiger partial charge in [0, 0.05) is 41.3 Å². The van der Waals surface area contributed by atoms with Crippen molar-refractivity contribution in [2.45, 2.75) is 52.1 Å². The molecule has 2 heterocycles. The van der Waals surface area contributed by atoms with E-state index >= 15 is 0 Å². The van der Waals surface area contributed by atoms with Gasteiger partial charge >= 0.3 is 11.9 Å². The predicted molar refractivity (Wildman–Crippen MR) is 128 cm³/mol. The Kier molecular flexibility index (Phi) is 7.45. The van der Waals surface area contributed by atoms with Gasteiger partial charge in [-0.05, 0) is 37.5 Å². The van der Waals surface area contributed by atoms with E-state index in [1.165, 1.54) is 5.69 Å². The summed E-state index contributed by atoms with van der Waals surface area (Å²) in [7, 11) is 0. The first-order valence-corrected chi connectivity index (χ1v) is 11.9. The van der Waals surface area contributed by atoms with Crippen molar-refractivity contribution in [3.05, 3.63) is 69.4 Å². The van der Waals surface area contributed by atoms with E-state index in [1.54, 1.807) is 0 Å². The van der Waals surface area contributed by atoms with Crippen molar-refractivity contribution in [2.24, 2.45) is 0 Å².